The molecule has 1 heterocycles. The molecule has 1 fully saturated rings. The fourth-order valence-corrected chi connectivity index (χ4v) is 4.43. The van der Waals surface area contributed by atoms with Crippen LogP contribution in [0.4, 0.5) is 5.69 Å². The minimum absolute atomic E-state index is 0.250. The number of nitrogens with one attached hydrogen (secondary N) is 1. The van der Waals surface area contributed by atoms with Gasteiger partial charge in [-0.2, -0.15) is 0 Å². The summed E-state index contributed by atoms with van der Waals surface area (Å²) in [7, 11) is 0. The lowest BCUT2D eigenvalue weighted by Crippen LogP contribution is -2.12. The van der Waals surface area contributed by atoms with Crippen LogP contribution in [0, 0.1) is 0 Å². The number of fused-ring (bicyclic) bond motifs is 6. The average molecular weight is 384 g/mol. The van der Waals surface area contributed by atoms with E-state index in [-0.39, 0.29) is 5.91 Å². The van der Waals surface area contributed by atoms with Crippen molar-refractivity contribution in [1.82, 2.24) is 9.97 Å². The number of halogens is 2. The van der Waals surface area contributed by atoms with Crippen LogP contribution >= 0.6 is 23.2 Å². The number of hydrogen-bond donors (Lipinski definition) is 1. The van der Waals surface area contributed by atoms with Crippen molar-refractivity contribution in [2.45, 2.75) is 31.1 Å². The minimum atomic E-state index is -0.250. The van der Waals surface area contributed by atoms with Crippen LogP contribution in [0.15, 0.2) is 36.4 Å². The van der Waals surface area contributed by atoms with Gasteiger partial charge in [0.2, 0.25) is 0 Å². The van der Waals surface area contributed by atoms with Crippen LogP contribution < -0.4 is 5.32 Å². The summed E-state index contributed by atoms with van der Waals surface area (Å²) in [6.07, 6.45) is 3.59. The van der Waals surface area contributed by atoms with E-state index < -0.39 is 0 Å². The Bertz CT molecular complexity index is 1070. The molecule has 2 aliphatic carbocycles. The van der Waals surface area contributed by atoms with Crippen LogP contribution in [0.25, 0.3) is 11.0 Å². The van der Waals surface area contributed by atoms with Crippen LogP contribution in [0.5, 0.6) is 0 Å². The van der Waals surface area contributed by atoms with Gasteiger partial charge in [0.05, 0.1) is 33.1 Å². The number of rotatable bonds is 2. The van der Waals surface area contributed by atoms with Gasteiger partial charge >= 0.3 is 0 Å². The number of anilines is 1. The first-order chi connectivity index (χ1) is 12.6. The Morgan fingerprint density at radius 3 is 2.46 bits per heavy atom. The van der Waals surface area contributed by atoms with Crippen molar-refractivity contribution < 1.29 is 4.79 Å². The number of benzene rings is 2. The first kappa shape index (κ1) is 16.0. The summed E-state index contributed by atoms with van der Waals surface area (Å²) in [5, 5.41) is 3.76. The van der Waals surface area contributed by atoms with Crippen LogP contribution in [-0.4, -0.2) is 15.9 Å². The summed E-state index contributed by atoms with van der Waals surface area (Å²) in [5.74, 6) is 0.856. The molecule has 0 radical (unpaired) electrons. The maximum atomic E-state index is 12.6. The summed E-state index contributed by atoms with van der Waals surface area (Å²) >= 11 is 12.1. The summed E-state index contributed by atoms with van der Waals surface area (Å²) in [4.78, 5) is 22.3. The van der Waals surface area contributed by atoms with Crippen LogP contribution in [0.2, 0.25) is 10.0 Å². The SMILES string of the molecule is O=C(Nc1cc(Cl)ccc1Cl)c1ccc2nc3c(nc2c1)C1CCC3C1. The number of aromatic nitrogens is 2. The van der Waals surface area contributed by atoms with E-state index in [0.717, 1.165) is 22.4 Å². The summed E-state index contributed by atoms with van der Waals surface area (Å²) in [5.41, 5.74) is 4.91. The fraction of sp³-hybridized carbons (Fsp3) is 0.250. The Morgan fingerprint density at radius 2 is 1.69 bits per heavy atom. The van der Waals surface area contributed by atoms with Crippen LogP contribution in [-0.2, 0) is 0 Å². The highest BCUT2D eigenvalue weighted by Crippen LogP contribution is 2.51. The normalized spacial score (nSPS) is 20.4. The molecule has 0 spiro atoms. The van der Waals surface area contributed by atoms with Gasteiger partial charge in [-0.3, -0.25) is 4.79 Å². The highest BCUT2D eigenvalue weighted by Gasteiger charge is 2.39. The number of carbonyl (C=O) groups is 1. The number of nitrogens with zero attached hydrogens (tertiary/aromatic N) is 2. The lowest BCUT2D eigenvalue weighted by Gasteiger charge is -2.14. The van der Waals surface area contributed by atoms with Gasteiger partial charge in [0.15, 0.2) is 0 Å². The molecule has 2 aliphatic rings. The summed E-state index contributed by atoms with van der Waals surface area (Å²) in [6.45, 7) is 0. The standard InChI is InChI=1S/C20H15Cl2N3O/c21-13-4-5-14(22)16(9-13)25-20(26)12-3-6-15-17(8-12)24-19-11-2-1-10(7-11)18(19)23-15/h3-6,8-11H,1-2,7H2,(H,25,26). The third-order valence-corrected chi connectivity index (χ3v) is 5.93. The Morgan fingerprint density at radius 1 is 0.962 bits per heavy atom. The van der Waals surface area contributed by atoms with E-state index >= 15 is 0 Å². The molecule has 1 N–H and O–H groups in total. The van der Waals surface area contributed by atoms with Crippen LogP contribution in [0.1, 0.15) is 52.8 Å². The number of hydrogen-bond acceptors (Lipinski definition) is 3. The van der Waals surface area contributed by atoms with Gasteiger partial charge in [-0.15, -0.1) is 0 Å². The Balaban J connectivity index is 1.49. The molecule has 2 bridgehead atoms. The molecule has 2 unspecified atom stereocenters. The first-order valence-electron chi connectivity index (χ1n) is 8.66. The van der Waals surface area contributed by atoms with Gasteiger partial charge in [0.1, 0.15) is 0 Å². The highest BCUT2D eigenvalue weighted by atomic mass is 35.5. The van der Waals surface area contributed by atoms with E-state index in [9.17, 15) is 4.79 Å². The van der Waals surface area contributed by atoms with Gasteiger partial charge in [0, 0.05) is 22.4 Å². The smallest absolute Gasteiger partial charge is 0.255 e. The topological polar surface area (TPSA) is 54.9 Å². The van der Waals surface area contributed by atoms with Crippen molar-refractivity contribution in [3.8, 4) is 0 Å². The second-order valence-electron chi connectivity index (χ2n) is 6.98. The van der Waals surface area contributed by atoms with E-state index in [1.54, 1.807) is 30.3 Å². The zero-order chi connectivity index (χ0) is 17.8. The predicted octanol–water partition coefficient (Wildman–Crippen LogP) is 5.55. The van der Waals surface area contributed by atoms with E-state index in [0.29, 0.717) is 33.1 Å². The summed E-state index contributed by atoms with van der Waals surface area (Å²) in [6, 6.07) is 10.4. The van der Waals surface area contributed by atoms with Crippen LogP contribution in [0.3, 0.4) is 0 Å². The molecule has 26 heavy (non-hydrogen) atoms. The quantitative estimate of drug-likeness (QED) is 0.630. The Labute approximate surface area is 160 Å². The zero-order valence-electron chi connectivity index (χ0n) is 13.8. The lowest BCUT2D eigenvalue weighted by atomic mass is 10.00. The molecular weight excluding hydrogens is 369 g/mol. The molecule has 2 atom stereocenters. The van der Waals surface area contributed by atoms with E-state index in [2.05, 4.69) is 5.32 Å². The molecule has 1 amide bonds. The van der Waals surface area contributed by atoms with Crippen molar-refractivity contribution in [1.29, 1.82) is 0 Å². The van der Waals surface area contributed by atoms with E-state index in [1.165, 1.54) is 19.3 Å². The van der Waals surface area contributed by atoms with Gasteiger partial charge in [-0.1, -0.05) is 23.2 Å². The van der Waals surface area contributed by atoms with Crippen molar-refractivity contribution in [2.24, 2.45) is 0 Å². The third-order valence-electron chi connectivity index (χ3n) is 5.36. The first-order valence-corrected chi connectivity index (χ1v) is 9.42. The molecule has 130 valence electrons. The minimum Gasteiger partial charge on any atom is -0.321 e. The molecule has 3 aromatic rings. The molecule has 0 saturated heterocycles. The van der Waals surface area contributed by atoms with Gasteiger partial charge in [-0.05, 0) is 55.7 Å². The molecule has 1 aromatic heterocycles. The zero-order valence-corrected chi connectivity index (χ0v) is 15.3. The number of amides is 1. The van der Waals surface area contributed by atoms with Crippen molar-refractivity contribution >= 4 is 45.8 Å². The van der Waals surface area contributed by atoms with E-state index in [4.69, 9.17) is 33.2 Å². The monoisotopic (exact) mass is 383 g/mol. The molecule has 1 saturated carbocycles. The maximum absolute atomic E-state index is 12.6. The third kappa shape index (κ3) is 2.56. The van der Waals surface area contributed by atoms with Gasteiger partial charge in [-0.25, -0.2) is 9.97 Å². The molecule has 0 aliphatic heterocycles. The summed E-state index contributed by atoms with van der Waals surface area (Å²) < 4.78 is 0. The Kier molecular flexibility index (Phi) is 3.66. The second-order valence-corrected chi connectivity index (χ2v) is 7.83. The average Bonchev–Trinajstić information content (AvgIpc) is 3.25. The molecule has 4 nitrogen and oxygen atoms in total. The fourth-order valence-electron chi connectivity index (χ4n) is 4.09. The molecule has 6 heteroatoms. The van der Waals surface area contributed by atoms with Crippen molar-refractivity contribution in [2.75, 3.05) is 5.32 Å². The largest absolute Gasteiger partial charge is 0.321 e. The number of carbonyl (C=O) groups excluding carboxylic acids is 1. The van der Waals surface area contributed by atoms with Crippen molar-refractivity contribution in [3.63, 3.8) is 0 Å². The Hall–Kier alpha value is -2.17. The van der Waals surface area contributed by atoms with E-state index in [1.807, 2.05) is 6.07 Å². The highest BCUT2D eigenvalue weighted by molar-refractivity contribution is 6.35. The predicted molar refractivity (Wildman–Crippen MR) is 103 cm³/mol. The molecule has 2 aromatic carbocycles. The molecular formula is C20H15Cl2N3O. The van der Waals surface area contributed by atoms with Crippen molar-refractivity contribution in [3.05, 3.63) is 63.4 Å². The second kappa shape index (κ2) is 5.93. The maximum Gasteiger partial charge on any atom is 0.255 e. The molecule has 5 rings (SSSR count). The van der Waals surface area contributed by atoms with Gasteiger partial charge in [0.25, 0.3) is 5.91 Å². The lowest BCUT2D eigenvalue weighted by molar-refractivity contribution is 0.102. The van der Waals surface area contributed by atoms with Gasteiger partial charge < -0.3 is 5.32 Å².